The molecule has 4 nitrogen and oxygen atoms in total. The van der Waals surface area contributed by atoms with Crippen LogP contribution in [0.3, 0.4) is 0 Å². The molecule has 0 radical (unpaired) electrons. The number of carboxylic acids is 1. The Morgan fingerprint density at radius 2 is 2.12 bits per heavy atom. The summed E-state index contributed by atoms with van der Waals surface area (Å²) in [6.07, 6.45) is 0. The maximum atomic E-state index is 12.9. The molecule has 1 unspecified atom stereocenters. The van der Waals surface area contributed by atoms with E-state index in [1.807, 2.05) is 0 Å². The molecule has 0 bridgehead atoms. The molecule has 0 aliphatic heterocycles. The van der Waals surface area contributed by atoms with Crippen LogP contribution in [0.5, 0.6) is 0 Å². The van der Waals surface area contributed by atoms with Crippen LogP contribution in [0.15, 0.2) is 18.2 Å². The first-order valence-corrected chi connectivity index (χ1v) is 5.13. The molecule has 1 rings (SSSR count). The minimum atomic E-state index is -1.30. The second-order valence-electron chi connectivity index (χ2n) is 2.92. The quantitative estimate of drug-likeness (QED) is 0.684. The fourth-order valence-electron chi connectivity index (χ4n) is 1.17. The molecule has 0 aliphatic carbocycles. The lowest BCUT2D eigenvalue weighted by molar-refractivity contribution is -0.139. The van der Waals surface area contributed by atoms with Crippen molar-refractivity contribution in [1.82, 2.24) is 0 Å². The van der Waals surface area contributed by atoms with Gasteiger partial charge in [0.2, 0.25) is 0 Å². The molecule has 0 fully saturated rings. The van der Waals surface area contributed by atoms with E-state index in [1.54, 1.807) is 0 Å². The molecule has 0 saturated heterocycles. The molecule has 1 N–H and O–H groups in total. The maximum Gasteiger partial charge on any atom is 0.336 e. The molecule has 1 aromatic rings. The van der Waals surface area contributed by atoms with Crippen molar-refractivity contribution in [3.8, 4) is 0 Å². The minimum Gasteiger partial charge on any atom is -0.478 e. The molecule has 1 atom stereocenters. The van der Waals surface area contributed by atoms with Gasteiger partial charge in [0.05, 0.1) is 12.7 Å². The Labute approximate surface area is 99.2 Å². The molecular weight excluding hydrogens is 283 g/mol. The number of esters is 1. The van der Waals surface area contributed by atoms with Crippen molar-refractivity contribution in [2.45, 2.75) is 4.83 Å². The van der Waals surface area contributed by atoms with E-state index in [-0.39, 0.29) is 11.1 Å². The number of carbonyl (C=O) groups is 2. The normalized spacial score (nSPS) is 11.9. The van der Waals surface area contributed by atoms with Crippen LogP contribution in [0.1, 0.15) is 20.7 Å². The van der Waals surface area contributed by atoms with Crippen LogP contribution in [-0.4, -0.2) is 24.2 Å². The smallest absolute Gasteiger partial charge is 0.336 e. The number of hydrogen-bond acceptors (Lipinski definition) is 3. The Morgan fingerprint density at radius 3 is 2.62 bits per heavy atom. The maximum absolute atomic E-state index is 12.9. The van der Waals surface area contributed by atoms with Crippen LogP contribution >= 0.6 is 15.9 Å². The van der Waals surface area contributed by atoms with Crippen molar-refractivity contribution < 1.29 is 23.8 Å². The molecule has 86 valence electrons. The number of hydrogen-bond donors (Lipinski definition) is 1. The van der Waals surface area contributed by atoms with Gasteiger partial charge in [-0.2, -0.15) is 0 Å². The highest BCUT2D eigenvalue weighted by atomic mass is 79.9. The van der Waals surface area contributed by atoms with Crippen LogP contribution in [0, 0.1) is 5.82 Å². The second kappa shape index (κ2) is 5.07. The van der Waals surface area contributed by atoms with E-state index in [9.17, 15) is 14.0 Å². The summed E-state index contributed by atoms with van der Waals surface area (Å²) in [6, 6.07) is 3.17. The standard InChI is InChI=1S/C10H8BrFO4/c1-16-10(15)8(11)6-3-2-5(12)4-7(6)9(13)14/h2-4,8H,1H3,(H,13,14). The monoisotopic (exact) mass is 290 g/mol. The topological polar surface area (TPSA) is 63.6 Å². The van der Waals surface area contributed by atoms with E-state index in [1.165, 1.54) is 13.2 Å². The number of carbonyl (C=O) groups excluding carboxylic acids is 1. The lowest BCUT2D eigenvalue weighted by Crippen LogP contribution is -2.13. The van der Waals surface area contributed by atoms with Gasteiger partial charge in [-0.3, -0.25) is 4.79 Å². The Bertz CT molecular complexity index is 433. The number of ether oxygens (including phenoxy) is 1. The zero-order valence-corrected chi connectivity index (χ0v) is 9.82. The molecule has 0 aliphatic rings. The van der Waals surface area contributed by atoms with Gasteiger partial charge in [0.25, 0.3) is 0 Å². The van der Waals surface area contributed by atoms with Crippen LogP contribution in [0.25, 0.3) is 0 Å². The summed E-state index contributed by atoms with van der Waals surface area (Å²) in [6.45, 7) is 0. The SMILES string of the molecule is COC(=O)C(Br)c1ccc(F)cc1C(=O)O. The van der Waals surface area contributed by atoms with Gasteiger partial charge in [-0.25, -0.2) is 9.18 Å². The Balaban J connectivity index is 3.22. The number of aromatic carboxylic acids is 1. The summed E-state index contributed by atoms with van der Waals surface area (Å²) in [7, 11) is 1.18. The molecule has 1 aromatic carbocycles. The lowest BCUT2D eigenvalue weighted by Gasteiger charge is -2.10. The second-order valence-corrected chi connectivity index (χ2v) is 3.84. The van der Waals surface area contributed by atoms with Crippen LogP contribution in [0.2, 0.25) is 0 Å². The van der Waals surface area contributed by atoms with Crippen molar-refractivity contribution in [2.75, 3.05) is 7.11 Å². The first-order chi connectivity index (χ1) is 7.47. The summed E-state index contributed by atoms with van der Waals surface area (Å²) in [5, 5.41) is 8.85. The fraction of sp³-hybridized carbons (Fsp3) is 0.200. The van der Waals surface area contributed by atoms with Crippen molar-refractivity contribution in [3.05, 3.63) is 35.1 Å². The van der Waals surface area contributed by atoms with Gasteiger partial charge < -0.3 is 9.84 Å². The highest BCUT2D eigenvalue weighted by molar-refractivity contribution is 9.09. The Hall–Kier alpha value is -1.43. The predicted octanol–water partition coefficient (Wildman–Crippen LogP) is 2.13. The van der Waals surface area contributed by atoms with Gasteiger partial charge in [-0.05, 0) is 17.7 Å². The van der Waals surface area contributed by atoms with E-state index in [0.29, 0.717) is 0 Å². The molecular formula is C10H8BrFO4. The summed E-state index contributed by atoms with van der Waals surface area (Å²) in [5.74, 6) is -2.62. The van der Waals surface area contributed by atoms with E-state index < -0.39 is 22.6 Å². The fourth-order valence-corrected chi connectivity index (χ4v) is 1.75. The average molecular weight is 291 g/mol. The summed E-state index contributed by atoms with van der Waals surface area (Å²) in [4.78, 5) is 21.1. The Morgan fingerprint density at radius 1 is 1.50 bits per heavy atom. The van der Waals surface area contributed by atoms with Crippen molar-refractivity contribution >= 4 is 27.9 Å². The largest absolute Gasteiger partial charge is 0.478 e. The third-order valence-electron chi connectivity index (χ3n) is 1.93. The highest BCUT2D eigenvalue weighted by Gasteiger charge is 2.23. The lowest BCUT2D eigenvalue weighted by atomic mass is 10.0. The molecule has 16 heavy (non-hydrogen) atoms. The van der Waals surface area contributed by atoms with Gasteiger partial charge in [0, 0.05) is 0 Å². The number of alkyl halides is 1. The summed E-state index contributed by atoms with van der Waals surface area (Å²) >= 11 is 2.99. The van der Waals surface area contributed by atoms with Crippen molar-refractivity contribution in [1.29, 1.82) is 0 Å². The van der Waals surface area contributed by atoms with E-state index in [2.05, 4.69) is 20.7 Å². The molecule has 0 heterocycles. The van der Waals surface area contributed by atoms with Gasteiger partial charge in [-0.15, -0.1) is 0 Å². The molecule has 0 aromatic heterocycles. The first kappa shape index (κ1) is 12.6. The molecule has 0 spiro atoms. The van der Waals surface area contributed by atoms with Crippen LogP contribution in [0.4, 0.5) is 4.39 Å². The van der Waals surface area contributed by atoms with Crippen LogP contribution in [-0.2, 0) is 9.53 Å². The Kier molecular flexibility index (Phi) is 4.00. The summed E-state index contributed by atoms with van der Waals surface area (Å²) in [5.41, 5.74) is -0.118. The third-order valence-corrected chi connectivity index (χ3v) is 2.79. The predicted molar refractivity (Wildman–Crippen MR) is 57.0 cm³/mol. The van der Waals surface area contributed by atoms with E-state index >= 15 is 0 Å². The molecule has 0 amide bonds. The summed E-state index contributed by atoms with van der Waals surface area (Å²) < 4.78 is 17.3. The third kappa shape index (κ3) is 2.57. The molecule has 0 saturated carbocycles. The zero-order valence-electron chi connectivity index (χ0n) is 8.24. The minimum absolute atomic E-state index is 0.153. The zero-order chi connectivity index (χ0) is 12.3. The van der Waals surface area contributed by atoms with E-state index in [4.69, 9.17) is 5.11 Å². The van der Waals surface area contributed by atoms with Gasteiger partial charge in [0.1, 0.15) is 10.6 Å². The molecule has 6 heteroatoms. The van der Waals surface area contributed by atoms with Gasteiger partial charge in [0.15, 0.2) is 0 Å². The number of carboxylic acid groups (broad SMARTS) is 1. The van der Waals surface area contributed by atoms with Crippen LogP contribution < -0.4 is 0 Å². The number of benzene rings is 1. The van der Waals surface area contributed by atoms with Gasteiger partial charge in [-0.1, -0.05) is 22.0 Å². The first-order valence-electron chi connectivity index (χ1n) is 4.22. The highest BCUT2D eigenvalue weighted by Crippen LogP contribution is 2.27. The number of halogens is 2. The van der Waals surface area contributed by atoms with Crippen molar-refractivity contribution in [3.63, 3.8) is 0 Å². The average Bonchev–Trinajstić information content (AvgIpc) is 2.26. The van der Waals surface area contributed by atoms with Gasteiger partial charge >= 0.3 is 11.9 Å². The van der Waals surface area contributed by atoms with E-state index in [0.717, 1.165) is 12.1 Å². The van der Waals surface area contributed by atoms with Crippen molar-refractivity contribution in [2.24, 2.45) is 0 Å². The number of rotatable bonds is 3. The number of methoxy groups -OCH3 is 1.